The lowest BCUT2D eigenvalue weighted by Gasteiger charge is -2.32. The third-order valence-electron chi connectivity index (χ3n) is 3.20. The van der Waals surface area contributed by atoms with Gasteiger partial charge in [-0.15, -0.1) is 0 Å². The Morgan fingerprint density at radius 3 is 3.09 bits per heavy atom. The fraction of sp³-hybridized carbons (Fsp3) is 0.267. The number of amides is 1. The first-order valence-corrected chi connectivity index (χ1v) is 7.80. The Balaban J connectivity index is 2.27. The highest BCUT2D eigenvalue weighted by Crippen LogP contribution is 2.42. The summed E-state index contributed by atoms with van der Waals surface area (Å²) in [6, 6.07) is 3.17. The van der Waals surface area contributed by atoms with Gasteiger partial charge in [0.2, 0.25) is 0 Å². The molecular formula is C15H18IN3O4. The van der Waals surface area contributed by atoms with Crippen molar-refractivity contribution in [1.82, 2.24) is 5.32 Å². The molecule has 0 radical (unpaired) electrons. The molecule has 1 aliphatic heterocycles. The van der Waals surface area contributed by atoms with E-state index in [1.54, 1.807) is 12.3 Å². The summed E-state index contributed by atoms with van der Waals surface area (Å²) in [5.74, 6) is 0.385. The number of fused-ring (bicyclic) bond motifs is 1. The van der Waals surface area contributed by atoms with E-state index in [0.29, 0.717) is 36.8 Å². The van der Waals surface area contributed by atoms with Gasteiger partial charge in [0.15, 0.2) is 34.5 Å². The van der Waals surface area contributed by atoms with Crippen molar-refractivity contribution in [3.05, 3.63) is 36.7 Å². The molecule has 2 rings (SSSR count). The molecule has 1 aromatic carbocycles. The van der Waals surface area contributed by atoms with Crippen LogP contribution in [0.15, 0.2) is 36.7 Å². The van der Waals surface area contributed by atoms with Gasteiger partial charge in [-0.05, 0) is 24.8 Å². The Morgan fingerprint density at radius 1 is 1.61 bits per heavy atom. The number of anilines is 2. The molecule has 0 aliphatic carbocycles. The number of nitrogens with zero attached hydrogens (tertiary/aromatic N) is 1. The summed E-state index contributed by atoms with van der Waals surface area (Å²) in [6.07, 6.45) is 2.84. The second-order valence-corrected chi connectivity index (χ2v) is 5.41. The summed E-state index contributed by atoms with van der Waals surface area (Å²) in [5, 5.41) is 15.6. The lowest BCUT2D eigenvalue weighted by molar-refractivity contribution is 0.228. The number of nitrogens with one attached hydrogen (secondary N) is 2. The number of ether oxygens (including phenoxy) is 1. The van der Waals surface area contributed by atoms with Crippen LogP contribution in [0.25, 0.3) is 0 Å². The van der Waals surface area contributed by atoms with Crippen LogP contribution in [0.3, 0.4) is 0 Å². The summed E-state index contributed by atoms with van der Waals surface area (Å²) < 4.78 is 10.1. The highest BCUT2D eigenvalue weighted by molar-refractivity contribution is 14.1. The van der Waals surface area contributed by atoms with Crippen LogP contribution in [-0.2, 0) is 3.07 Å². The molecule has 1 aromatic rings. The number of phenols is 1. The van der Waals surface area contributed by atoms with Crippen LogP contribution in [0.1, 0.15) is 6.92 Å². The number of hydrogen-bond donors (Lipinski definition) is 3. The van der Waals surface area contributed by atoms with Crippen molar-refractivity contribution < 1.29 is 17.7 Å². The molecule has 0 aromatic heterocycles. The van der Waals surface area contributed by atoms with Gasteiger partial charge in [0, 0.05) is 18.8 Å². The number of halogens is 1. The minimum Gasteiger partial charge on any atom is -0.504 e. The van der Waals surface area contributed by atoms with Crippen LogP contribution in [0.4, 0.5) is 16.2 Å². The number of phenolic OH excluding ortho intramolecular Hbond substituents is 1. The fourth-order valence-corrected chi connectivity index (χ4v) is 2.39. The summed E-state index contributed by atoms with van der Waals surface area (Å²) in [6.45, 7) is 7.39. The van der Waals surface area contributed by atoms with Crippen molar-refractivity contribution in [2.24, 2.45) is 0 Å². The van der Waals surface area contributed by atoms with Gasteiger partial charge in [-0.3, -0.25) is 5.32 Å². The molecular weight excluding hydrogens is 413 g/mol. The minimum absolute atomic E-state index is 0.0261. The highest BCUT2D eigenvalue weighted by atomic mass is 127. The van der Waals surface area contributed by atoms with Crippen LogP contribution >= 0.6 is 23.0 Å². The van der Waals surface area contributed by atoms with E-state index in [2.05, 4.69) is 25.2 Å². The number of carbonyl (C=O) groups excluding carboxylic acids is 1. The quantitative estimate of drug-likeness (QED) is 0.622. The summed E-state index contributed by atoms with van der Waals surface area (Å²) >= 11 is 1.49. The van der Waals surface area contributed by atoms with E-state index < -0.39 is 6.09 Å². The summed E-state index contributed by atoms with van der Waals surface area (Å²) in [5.41, 5.74) is 2.23. The molecule has 0 fully saturated rings. The van der Waals surface area contributed by atoms with Gasteiger partial charge < -0.3 is 23.1 Å². The standard InChI is InChI=1S/C15H18IN3O4/c1-3-17-8-10(2)9-19-4-5-22-14-12(19)6-11(7-13(14)20)18-15(21)23-16/h3,6-8,17,20H,1,4-5,9H2,2H3,(H,18,21)/b10-8+. The van der Waals surface area contributed by atoms with Crippen LogP contribution in [0.5, 0.6) is 11.5 Å². The molecule has 23 heavy (non-hydrogen) atoms. The molecule has 1 amide bonds. The average Bonchev–Trinajstić information content (AvgIpc) is 2.53. The number of carbonyl (C=O) groups is 1. The summed E-state index contributed by atoms with van der Waals surface area (Å²) in [7, 11) is 0. The lowest BCUT2D eigenvalue weighted by Crippen LogP contribution is -2.34. The van der Waals surface area contributed by atoms with E-state index in [1.165, 1.54) is 29.1 Å². The largest absolute Gasteiger partial charge is 0.504 e. The first-order valence-electron chi connectivity index (χ1n) is 6.92. The Kier molecular flexibility index (Phi) is 5.97. The van der Waals surface area contributed by atoms with Gasteiger partial charge in [-0.2, -0.15) is 0 Å². The van der Waals surface area contributed by atoms with Crippen molar-refractivity contribution in [2.45, 2.75) is 6.92 Å². The van der Waals surface area contributed by atoms with Crippen molar-refractivity contribution in [1.29, 1.82) is 0 Å². The third-order valence-corrected chi connectivity index (χ3v) is 3.60. The molecule has 8 heteroatoms. The van der Waals surface area contributed by atoms with Gasteiger partial charge in [0.05, 0.1) is 17.9 Å². The zero-order valence-corrected chi connectivity index (χ0v) is 14.8. The monoisotopic (exact) mass is 431 g/mol. The Morgan fingerprint density at radius 2 is 2.39 bits per heavy atom. The zero-order valence-electron chi connectivity index (χ0n) is 12.6. The second kappa shape index (κ2) is 7.95. The van der Waals surface area contributed by atoms with Gasteiger partial charge in [0.25, 0.3) is 0 Å². The predicted molar refractivity (Wildman–Crippen MR) is 97.0 cm³/mol. The molecule has 0 unspecified atom stereocenters. The topological polar surface area (TPSA) is 83.1 Å². The van der Waals surface area contributed by atoms with Crippen LogP contribution < -0.4 is 20.3 Å². The van der Waals surface area contributed by atoms with Crippen LogP contribution in [0.2, 0.25) is 0 Å². The smallest absolute Gasteiger partial charge is 0.421 e. The van der Waals surface area contributed by atoms with Gasteiger partial charge in [-0.25, -0.2) is 4.79 Å². The fourth-order valence-electron chi connectivity index (χ4n) is 2.28. The first kappa shape index (κ1) is 17.3. The van der Waals surface area contributed by atoms with E-state index >= 15 is 0 Å². The van der Waals surface area contributed by atoms with E-state index in [1.807, 2.05) is 13.1 Å². The molecule has 7 nitrogen and oxygen atoms in total. The van der Waals surface area contributed by atoms with Gasteiger partial charge in [0.1, 0.15) is 6.61 Å². The normalized spacial score (nSPS) is 13.7. The Hall–Kier alpha value is -2.10. The lowest BCUT2D eigenvalue weighted by atomic mass is 10.1. The molecule has 0 atom stereocenters. The number of hydrogen-bond acceptors (Lipinski definition) is 6. The van der Waals surface area contributed by atoms with Crippen molar-refractivity contribution in [2.75, 3.05) is 29.9 Å². The number of aromatic hydroxyl groups is 1. The first-order chi connectivity index (χ1) is 11.0. The van der Waals surface area contributed by atoms with E-state index in [4.69, 9.17) is 4.74 Å². The van der Waals surface area contributed by atoms with Crippen molar-refractivity contribution >= 4 is 40.5 Å². The van der Waals surface area contributed by atoms with Crippen molar-refractivity contribution in [3.8, 4) is 11.5 Å². The minimum atomic E-state index is -0.612. The number of benzene rings is 1. The average molecular weight is 431 g/mol. The predicted octanol–water partition coefficient (Wildman–Crippen LogP) is 3.13. The summed E-state index contributed by atoms with van der Waals surface area (Å²) in [4.78, 5) is 13.4. The maximum absolute atomic E-state index is 11.3. The van der Waals surface area contributed by atoms with E-state index in [0.717, 1.165) is 5.57 Å². The van der Waals surface area contributed by atoms with E-state index in [9.17, 15) is 9.90 Å². The molecule has 0 saturated heterocycles. The van der Waals surface area contributed by atoms with Crippen LogP contribution in [-0.4, -0.2) is 30.9 Å². The maximum Gasteiger partial charge on any atom is 0.421 e. The molecule has 1 aliphatic rings. The molecule has 0 bridgehead atoms. The van der Waals surface area contributed by atoms with E-state index in [-0.39, 0.29) is 5.75 Å². The molecule has 0 saturated carbocycles. The molecule has 0 spiro atoms. The van der Waals surface area contributed by atoms with Gasteiger partial charge in [-0.1, -0.05) is 6.58 Å². The van der Waals surface area contributed by atoms with Crippen molar-refractivity contribution in [3.63, 3.8) is 0 Å². The molecule has 3 N–H and O–H groups in total. The molecule has 1 heterocycles. The SMILES string of the molecule is C=CN/C=C(\C)CN1CCOc2c(O)cc(NC(=O)OI)cc21. The Bertz CT molecular complexity index is 633. The zero-order chi connectivity index (χ0) is 16.8. The Labute approximate surface area is 148 Å². The van der Waals surface area contributed by atoms with Gasteiger partial charge >= 0.3 is 6.09 Å². The van der Waals surface area contributed by atoms with Crippen LogP contribution in [0, 0.1) is 0 Å². The molecule has 124 valence electrons. The second-order valence-electron chi connectivity index (χ2n) is 4.96. The number of rotatable bonds is 5. The highest BCUT2D eigenvalue weighted by Gasteiger charge is 2.23. The maximum atomic E-state index is 11.3. The third kappa shape index (κ3) is 4.44.